The summed E-state index contributed by atoms with van der Waals surface area (Å²) in [4.78, 5) is 10.0. The first-order chi connectivity index (χ1) is 9.66. The van der Waals surface area contributed by atoms with Gasteiger partial charge in [0, 0.05) is 31.8 Å². The molecule has 0 aliphatic rings. The lowest BCUT2D eigenvalue weighted by atomic mass is 10.0. The fourth-order valence-corrected chi connectivity index (χ4v) is 2.95. The molecule has 0 radical (unpaired) electrons. The number of nitro groups is 1. The van der Waals surface area contributed by atoms with Crippen LogP contribution in [0.2, 0.25) is 0 Å². The summed E-state index contributed by atoms with van der Waals surface area (Å²) < 4.78 is 25.9. The zero-order valence-electron chi connectivity index (χ0n) is 12.8. The molecule has 1 aromatic rings. The number of nitro benzene ring substituents is 1. The van der Waals surface area contributed by atoms with Crippen LogP contribution < -0.4 is 5.73 Å². The molecule has 0 amide bonds. The van der Waals surface area contributed by atoms with Gasteiger partial charge in [-0.1, -0.05) is 19.9 Å². The number of rotatable bonds is 7. The molecule has 22 heavy (non-hydrogen) atoms. The number of hydrogen-bond donors (Lipinski definition) is 1. The maximum absolute atomic E-state index is 12.4. The van der Waals surface area contributed by atoms with Crippen molar-refractivity contribution in [1.82, 2.24) is 4.31 Å². The van der Waals surface area contributed by atoms with Crippen molar-refractivity contribution in [3.63, 3.8) is 0 Å². The minimum absolute atomic E-state index is 0. The van der Waals surface area contributed by atoms with Crippen molar-refractivity contribution < 1.29 is 13.3 Å². The van der Waals surface area contributed by atoms with E-state index in [9.17, 15) is 18.5 Å². The van der Waals surface area contributed by atoms with Crippen molar-refractivity contribution in [2.45, 2.75) is 31.2 Å². The number of hydrogen-bond acceptors (Lipinski definition) is 5. The predicted octanol–water partition coefficient (Wildman–Crippen LogP) is 2.01. The van der Waals surface area contributed by atoms with Crippen LogP contribution >= 0.6 is 12.4 Å². The Bertz CT molecular complexity index is 607. The Kier molecular flexibility index (Phi) is 7.96. The quantitative estimate of drug-likeness (QED) is 0.597. The van der Waals surface area contributed by atoms with E-state index < -0.39 is 14.9 Å². The molecule has 1 atom stereocenters. The van der Waals surface area contributed by atoms with E-state index in [0.29, 0.717) is 6.42 Å². The second kappa shape index (κ2) is 8.42. The number of nitrogens with zero attached hydrogens (tertiary/aromatic N) is 2. The normalized spacial score (nSPS) is 13.0. The van der Waals surface area contributed by atoms with E-state index in [1.807, 2.05) is 13.8 Å². The average molecular weight is 352 g/mol. The van der Waals surface area contributed by atoms with Gasteiger partial charge in [-0.2, -0.15) is 0 Å². The molecule has 0 saturated heterocycles. The maximum Gasteiger partial charge on any atom is 0.270 e. The Hall–Kier alpha value is -1.22. The van der Waals surface area contributed by atoms with Gasteiger partial charge in [-0.3, -0.25) is 10.1 Å². The topological polar surface area (TPSA) is 107 Å². The molecule has 0 spiro atoms. The van der Waals surface area contributed by atoms with E-state index in [2.05, 4.69) is 0 Å². The monoisotopic (exact) mass is 351 g/mol. The second-order valence-corrected chi connectivity index (χ2v) is 7.32. The number of sulfonamides is 1. The van der Waals surface area contributed by atoms with Gasteiger partial charge in [0.2, 0.25) is 10.0 Å². The number of halogens is 1. The Morgan fingerprint density at radius 3 is 2.45 bits per heavy atom. The summed E-state index contributed by atoms with van der Waals surface area (Å²) in [6.07, 6.45) is 0.530. The highest BCUT2D eigenvalue weighted by Crippen LogP contribution is 2.20. The summed E-state index contributed by atoms with van der Waals surface area (Å²) in [5.74, 6) is 0.263. The third kappa shape index (κ3) is 5.20. The highest BCUT2D eigenvalue weighted by Gasteiger charge is 2.23. The number of nitrogens with two attached hydrogens (primary N) is 1. The Morgan fingerprint density at radius 2 is 1.95 bits per heavy atom. The van der Waals surface area contributed by atoms with Gasteiger partial charge in [-0.05, 0) is 18.4 Å². The average Bonchev–Trinajstić information content (AvgIpc) is 2.44. The molecule has 0 fully saturated rings. The Labute approximate surface area is 137 Å². The second-order valence-electron chi connectivity index (χ2n) is 5.28. The first kappa shape index (κ1) is 20.8. The van der Waals surface area contributed by atoms with Gasteiger partial charge in [0.1, 0.15) is 0 Å². The van der Waals surface area contributed by atoms with Crippen LogP contribution in [0.3, 0.4) is 0 Å². The third-order valence-electron chi connectivity index (χ3n) is 3.37. The molecule has 1 aromatic carbocycles. The van der Waals surface area contributed by atoms with Gasteiger partial charge in [-0.25, -0.2) is 12.7 Å². The van der Waals surface area contributed by atoms with Gasteiger partial charge in [0.25, 0.3) is 5.69 Å². The van der Waals surface area contributed by atoms with Crippen LogP contribution in [0.25, 0.3) is 0 Å². The van der Waals surface area contributed by atoms with Crippen molar-refractivity contribution in [3.8, 4) is 0 Å². The van der Waals surface area contributed by atoms with Crippen molar-refractivity contribution in [2.75, 3.05) is 13.6 Å². The molecule has 0 heterocycles. The van der Waals surface area contributed by atoms with E-state index in [-0.39, 0.29) is 41.5 Å². The highest BCUT2D eigenvalue weighted by atomic mass is 35.5. The van der Waals surface area contributed by atoms with Crippen molar-refractivity contribution in [2.24, 2.45) is 11.7 Å². The highest BCUT2D eigenvalue weighted by molar-refractivity contribution is 7.89. The van der Waals surface area contributed by atoms with Crippen LogP contribution in [0.5, 0.6) is 0 Å². The van der Waals surface area contributed by atoms with Crippen molar-refractivity contribution in [1.29, 1.82) is 0 Å². The summed E-state index contributed by atoms with van der Waals surface area (Å²) in [5, 5.41) is 10.7. The van der Waals surface area contributed by atoms with Gasteiger partial charge in [0.05, 0.1) is 9.82 Å². The molecule has 0 saturated carbocycles. The summed E-state index contributed by atoms with van der Waals surface area (Å²) in [7, 11) is -2.30. The van der Waals surface area contributed by atoms with E-state index in [1.165, 1.54) is 29.6 Å². The molecule has 2 N–H and O–H groups in total. The molecular formula is C13H22ClN3O4S. The van der Waals surface area contributed by atoms with Crippen LogP contribution in [0, 0.1) is 16.0 Å². The van der Waals surface area contributed by atoms with Gasteiger partial charge in [-0.15, -0.1) is 12.4 Å². The molecule has 0 aliphatic carbocycles. The smallest absolute Gasteiger partial charge is 0.270 e. The number of non-ortho nitro benzene ring substituents is 1. The van der Waals surface area contributed by atoms with E-state index >= 15 is 0 Å². The van der Waals surface area contributed by atoms with Crippen LogP contribution in [0.4, 0.5) is 5.69 Å². The van der Waals surface area contributed by atoms with Crippen LogP contribution in [-0.2, 0) is 10.0 Å². The SMILES string of the molecule is CC(C)C(N)CCN(C)S(=O)(=O)c1cccc([N+](=O)[O-])c1.Cl. The predicted molar refractivity (Wildman–Crippen MR) is 87.6 cm³/mol. The molecule has 0 aromatic heterocycles. The van der Waals surface area contributed by atoms with Gasteiger partial charge >= 0.3 is 0 Å². The summed E-state index contributed by atoms with van der Waals surface area (Å²) in [5.41, 5.74) is 5.65. The van der Waals surface area contributed by atoms with Gasteiger partial charge < -0.3 is 5.73 Å². The molecule has 0 bridgehead atoms. The fourth-order valence-electron chi connectivity index (χ4n) is 1.72. The molecule has 1 rings (SSSR count). The van der Waals surface area contributed by atoms with Gasteiger partial charge in [0.15, 0.2) is 0 Å². The minimum Gasteiger partial charge on any atom is -0.327 e. The Morgan fingerprint density at radius 1 is 1.36 bits per heavy atom. The van der Waals surface area contributed by atoms with E-state index in [1.54, 1.807) is 0 Å². The van der Waals surface area contributed by atoms with E-state index in [0.717, 1.165) is 6.07 Å². The summed E-state index contributed by atoms with van der Waals surface area (Å²) in [6, 6.07) is 4.94. The molecule has 7 nitrogen and oxygen atoms in total. The standard InChI is InChI=1S/C13H21N3O4S.ClH/c1-10(2)13(14)7-8-15(3)21(19,20)12-6-4-5-11(9-12)16(17)18;/h4-6,9-10,13H,7-8,14H2,1-3H3;1H. The summed E-state index contributed by atoms with van der Waals surface area (Å²) >= 11 is 0. The minimum atomic E-state index is -3.74. The first-order valence-corrected chi connectivity index (χ1v) is 8.06. The third-order valence-corrected chi connectivity index (χ3v) is 5.22. The van der Waals surface area contributed by atoms with Crippen LogP contribution in [0.1, 0.15) is 20.3 Å². The molecule has 0 aliphatic heterocycles. The largest absolute Gasteiger partial charge is 0.327 e. The lowest BCUT2D eigenvalue weighted by molar-refractivity contribution is -0.385. The first-order valence-electron chi connectivity index (χ1n) is 6.62. The Balaban J connectivity index is 0.00000441. The zero-order valence-corrected chi connectivity index (χ0v) is 14.4. The summed E-state index contributed by atoms with van der Waals surface area (Å²) in [6.45, 7) is 4.21. The lowest BCUT2D eigenvalue weighted by Gasteiger charge is -2.21. The lowest BCUT2D eigenvalue weighted by Crippen LogP contribution is -2.34. The van der Waals surface area contributed by atoms with Crippen molar-refractivity contribution in [3.05, 3.63) is 34.4 Å². The van der Waals surface area contributed by atoms with E-state index in [4.69, 9.17) is 5.73 Å². The van der Waals surface area contributed by atoms with Crippen LogP contribution in [0.15, 0.2) is 29.2 Å². The molecular weight excluding hydrogens is 330 g/mol. The molecule has 1 unspecified atom stereocenters. The zero-order chi connectivity index (χ0) is 16.2. The molecule has 9 heteroatoms. The van der Waals surface area contributed by atoms with Crippen molar-refractivity contribution >= 4 is 28.1 Å². The van der Waals surface area contributed by atoms with Crippen LogP contribution in [-0.4, -0.2) is 37.3 Å². The number of benzene rings is 1. The molecule has 126 valence electrons. The fraction of sp³-hybridized carbons (Fsp3) is 0.538. The maximum atomic E-state index is 12.4.